The fraction of sp³-hybridized carbons (Fsp3) is 0.176. The van der Waals surface area contributed by atoms with Crippen molar-refractivity contribution >= 4 is 49.7 Å². The smallest absolute Gasteiger partial charge is 0.259 e. The predicted molar refractivity (Wildman–Crippen MR) is 105 cm³/mol. The Kier molecular flexibility index (Phi) is 7.27. The Balaban J connectivity index is 1.89. The van der Waals surface area contributed by atoms with Crippen LogP contribution in [0.15, 0.2) is 50.4 Å². The average Bonchev–Trinajstić information content (AvgIpc) is 2.59. The van der Waals surface area contributed by atoms with Gasteiger partial charge >= 0.3 is 0 Å². The number of hydrogen-bond donors (Lipinski definition) is 3. The molecule has 2 aromatic carbocycles. The number of rotatable bonds is 7. The molecule has 8 heteroatoms. The van der Waals surface area contributed by atoms with E-state index in [2.05, 4.69) is 47.7 Å². The molecule has 0 aliphatic heterocycles. The van der Waals surface area contributed by atoms with Crippen LogP contribution >= 0.6 is 31.9 Å². The van der Waals surface area contributed by atoms with Crippen LogP contribution in [0.5, 0.6) is 11.5 Å². The first-order valence-electron chi connectivity index (χ1n) is 7.46. The van der Waals surface area contributed by atoms with Crippen molar-refractivity contribution in [3.63, 3.8) is 0 Å². The molecule has 6 nitrogen and oxygen atoms in total. The lowest BCUT2D eigenvalue weighted by Crippen LogP contribution is -2.25. The molecule has 3 N–H and O–H groups in total. The van der Waals surface area contributed by atoms with E-state index >= 15 is 0 Å². The first kappa shape index (κ1) is 19.3. The summed E-state index contributed by atoms with van der Waals surface area (Å²) >= 11 is 6.60. The fourth-order valence-electron chi connectivity index (χ4n) is 1.90. The lowest BCUT2D eigenvalue weighted by Gasteiger charge is -2.08. The van der Waals surface area contributed by atoms with Crippen molar-refractivity contribution in [1.29, 1.82) is 0 Å². The average molecular weight is 471 g/mol. The minimum atomic E-state index is -0.276. The number of halogens is 2. The third-order valence-corrected chi connectivity index (χ3v) is 4.18. The second kappa shape index (κ2) is 9.43. The molecule has 0 aliphatic rings. The molecule has 0 aromatic heterocycles. The van der Waals surface area contributed by atoms with Crippen LogP contribution in [0.3, 0.4) is 0 Å². The molecule has 25 heavy (non-hydrogen) atoms. The summed E-state index contributed by atoms with van der Waals surface area (Å²) in [6, 6.07) is 10.8. The quantitative estimate of drug-likeness (QED) is 0.423. The van der Waals surface area contributed by atoms with Crippen molar-refractivity contribution in [2.24, 2.45) is 5.10 Å². The van der Waals surface area contributed by atoms with Crippen LogP contribution in [-0.4, -0.2) is 30.4 Å². The van der Waals surface area contributed by atoms with Gasteiger partial charge in [0.15, 0.2) is 11.5 Å². The number of carbonyl (C=O) groups is 1. The van der Waals surface area contributed by atoms with Gasteiger partial charge in [-0.25, -0.2) is 5.43 Å². The number of ether oxygens (including phenoxy) is 1. The number of phenols is 1. The van der Waals surface area contributed by atoms with Crippen molar-refractivity contribution in [2.75, 3.05) is 18.5 Å². The first-order valence-corrected chi connectivity index (χ1v) is 9.05. The van der Waals surface area contributed by atoms with E-state index in [1.807, 2.05) is 31.2 Å². The number of nitrogens with zero attached hydrogens (tertiary/aromatic N) is 1. The topological polar surface area (TPSA) is 83.0 Å². The van der Waals surface area contributed by atoms with Crippen molar-refractivity contribution in [1.82, 2.24) is 5.43 Å². The van der Waals surface area contributed by atoms with Gasteiger partial charge in [-0.1, -0.05) is 15.9 Å². The maximum absolute atomic E-state index is 11.8. The Morgan fingerprint density at radius 2 is 2.00 bits per heavy atom. The van der Waals surface area contributed by atoms with E-state index in [0.717, 1.165) is 10.2 Å². The molecule has 0 bridgehead atoms. The van der Waals surface area contributed by atoms with Gasteiger partial charge in [0, 0.05) is 10.2 Å². The van der Waals surface area contributed by atoms with Crippen LogP contribution in [0.1, 0.15) is 12.5 Å². The van der Waals surface area contributed by atoms with Crippen LogP contribution in [0.4, 0.5) is 5.69 Å². The Morgan fingerprint density at radius 1 is 1.28 bits per heavy atom. The zero-order valence-corrected chi connectivity index (χ0v) is 16.6. The van der Waals surface area contributed by atoms with Crippen molar-refractivity contribution in [3.05, 3.63) is 50.9 Å². The van der Waals surface area contributed by atoms with E-state index in [4.69, 9.17) is 4.74 Å². The number of nitrogens with one attached hydrogen (secondary N) is 2. The van der Waals surface area contributed by atoms with Crippen LogP contribution < -0.4 is 15.5 Å². The SMILES string of the molecule is CCOc1cc(/C=N\NC(=O)CNc2ccc(Br)cc2)cc(Br)c1O. The number of carbonyl (C=O) groups excluding carboxylic acids is 1. The Hall–Kier alpha value is -2.06. The largest absolute Gasteiger partial charge is 0.503 e. The standard InChI is InChI=1S/C17H17Br2N3O3/c1-2-25-15-8-11(7-14(19)17(15)24)9-21-22-16(23)10-20-13-5-3-12(18)4-6-13/h3-9,20,24H,2,10H2,1H3,(H,22,23)/b21-9-. The molecular formula is C17H17Br2N3O3. The zero-order valence-electron chi connectivity index (χ0n) is 13.4. The molecule has 0 saturated carbocycles. The highest BCUT2D eigenvalue weighted by molar-refractivity contribution is 9.10. The summed E-state index contributed by atoms with van der Waals surface area (Å²) in [5.74, 6) is 0.102. The second-order valence-electron chi connectivity index (χ2n) is 4.94. The number of anilines is 1. The summed E-state index contributed by atoms with van der Waals surface area (Å²) in [5.41, 5.74) is 3.95. The van der Waals surface area contributed by atoms with Crippen LogP contribution in [-0.2, 0) is 4.79 Å². The van der Waals surface area contributed by atoms with E-state index in [0.29, 0.717) is 22.4 Å². The normalized spacial score (nSPS) is 10.7. The van der Waals surface area contributed by atoms with Gasteiger partial charge < -0.3 is 15.2 Å². The minimum absolute atomic E-state index is 0.0294. The summed E-state index contributed by atoms with van der Waals surface area (Å²) < 4.78 is 6.80. The molecule has 0 unspecified atom stereocenters. The van der Waals surface area contributed by atoms with Gasteiger partial charge in [0.2, 0.25) is 0 Å². The van der Waals surface area contributed by atoms with Gasteiger partial charge in [0.05, 0.1) is 23.8 Å². The van der Waals surface area contributed by atoms with E-state index in [1.54, 1.807) is 12.1 Å². The highest BCUT2D eigenvalue weighted by Gasteiger charge is 2.08. The molecule has 0 radical (unpaired) electrons. The molecule has 2 rings (SSSR count). The van der Waals surface area contributed by atoms with E-state index in [9.17, 15) is 9.90 Å². The lowest BCUT2D eigenvalue weighted by atomic mass is 10.2. The third-order valence-electron chi connectivity index (χ3n) is 3.05. The Labute approximate surface area is 162 Å². The molecule has 2 aromatic rings. The summed E-state index contributed by atoms with van der Waals surface area (Å²) in [6.45, 7) is 2.36. The van der Waals surface area contributed by atoms with Crippen LogP contribution in [0, 0.1) is 0 Å². The van der Waals surface area contributed by atoms with E-state index < -0.39 is 0 Å². The number of hydrazone groups is 1. The molecule has 0 atom stereocenters. The summed E-state index contributed by atoms with van der Waals surface area (Å²) in [7, 11) is 0. The maximum atomic E-state index is 11.8. The highest BCUT2D eigenvalue weighted by atomic mass is 79.9. The lowest BCUT2D eigenvalue weighted by molar-refractivity contribution is -0.119. The number of amides is 1. The van der Waals surface area contributed by atoms with Crippen molar-refractivity contribution in [3.8, 4) is 11.5 Å². The molecule has 0 aliphatic carbocycles. The summed E-state index contributed by atoms with van der Waals surface area (Å²) in [5, 5.41) is 16.8. The van der Waals surface area contributed by atoms with Gasteiger partial charge in [0.1, 0.15) is 0 Å². The van der Waals surface area contributed by atoms with Crippen LogP contribution in [0.2, 0.25) is 0 Å². The van der Waals surface area contributed by atoms with E-state index in [-0.39, 0.29) is 18.2 Å². The van der Waals surface area contributed by atoms with Crippen LogP contribution in [0.25, 0.3) is 0 Å². The molecule has 132 valence electrons. The van der Waals surface area contributed by atoms with Gasteiger partial charge in [-0.15, -0.1) is 0 Å². The number of hydrogen-bond acceptors (Lipinski definition) is 5. The Morgan fingerprint density at radius 3 is 2.68 bits per heavy atom. The zero-order chi connectivity index (χ0) is 18.2. The Bertz CT molecular complexity index is 764. The number of phenolic OH excluding ortho intramolecular Hbond substituents is 1. The summed E-state index contributed by atoms with van der Waals surface area (Å²) in [6.07, 6.45) is 1.48. The molecule has 0 saturated heterocycles. The van der Waals surface area contributed by atoms with Crippen molar-refractivity contribution < 1.29 is 14.6 Å². The van der Waals surface area contributed by atoms with Gasteiger partial charge in [-0.3, -0.25) is 4.79 Å². The van der Waals surface area contributed by atoms with Gasteiger partial charge in [-0.05, 0) is 64.8 Å². The molecule has 1 amide bonds. The molecule has 0 heterocycles. The maximum Gasteiger partial charge on any atom is 0.259 e. The fourth-order valence-corrected chi connectivity index (χ4v) is 2.63. The number of benzene rings is 2. The predicted octanol–water partition coefficient (Wildman–Crippen LogP) is 3.88. The molecular weight excluding hydrogens is 454 g/mol. The first-order chi connectivity index (χ1) is 12.0. The molecule has 0 spiro atoms. The monoisotopic (exact) mass is 469 g/mol. The minimum Gasteiger partial charge on any atom is -0.503 e. The number of aromatic hydroxyl groups is 1. The van der Waals surface area contributed by atoms with Gasteiger partial charge in [0.25, 0.3) is 5.91 Å². The van der Waals surface area contributed by atoms with Gasteiger partial charge in [-0.2, -0.15) is 5.10 Å². The van der Waals surface area contributed by atoms with Crippen molar-refractivity contribution in [2.45, 2.75) is 6.92 Å². The molecule has 0 fully saturated rings. The second-order valence-corrected chi connectivity index (χ2v) is 6.71. The highest BCUT2D eigenvalue weighted by Crippen LogP contribution is 2.34. The summed E-state index contributed by atoms with van der Waals surface area (Å²) in [4.78, 5) is 11.8. The third kappa shape index (κ3) is 6.06. The van der Waals surface area contributed by atoms with E-state index in [1.165, 1.54) is 6.21 Å².